The summed E-state index contributed by atoms with van der Waals surface area (Å²) < 4.78 is 14.7. The van der Waals surface area contributed by atoms with E-state index in [0.29, 0.717) is 16.3 Å². The second-order valence-electron chi connectivity index (χ2n) is 3.90. The number of aromatic nitrogens is 2. The smallest absolute Gasteiger partial charge is 0.123 e. The number of hydrogen-bond acceptors (Lipinski definition) is 2. The van der Waals surface area contributed by atoms with Gasteiger partial charge < -0.3 is 5.11 Å². The monoisotopic (exact) mass is 254 g/mol. The lowest BCUT2D eigenvalue weighted by atomic mass is 10.1. The minimum atomic E-state index is -0.982. The third kappa shape index (κ3) is 2.33. The van der Waals surface area contributed by atoms with Gasteiger partial charge in [-0.1, -0.05) is 11.6 Å². The highest BCUT2D eigenvalue weighted by Crippen LogP contribution is 2.28. The summed E-state index contributed by atoms with van der Waals surface area (Å²) in [6, 6.07) is 5.66. The van der Waals surface area contributed by atoms with Gasteiger partial charge in [-0.05, 0) is 31.2 Å². The molecule has 0 aliphatic rings. The predicted molar refractivity (Wildman–Crippen MR) is 63.4 cm³/mol. The minimum absolute atomic E-state index is 0.331. The molecule has 0 bridgehead atoms. The second kappa shape index (κ2) is 4.47. The van der Waals surface area contributed by atoms with Gasteiger partial charge in [0.2, 0.25) is 0 Å². The lowest BCUT2D eigenvalue weighted by Gasteiger charge is -2.13. The number of halogens is 2. The Balaban J connectivity index is 2.46. The van der Waals surface area contributed by atoms with E-state index < -0.39 is 11.9 Å². The number of benzene rings is 1. The van der Waals surface area contributed by atoms with Gasteiger partial charge in [-0.25, -0.2) is 4.39 Å². The van der Waals surface area contributed by atoms with E-state index in [1.54, 1.807) is 17.8 Å². The van der Waals surface area contributed by atoms with Crippen LogP contribution in [0.2, 0.25) is 5.02 Å². The van der Waals surface area contributed by atoms with Gasteiger partial charge in [0.25, 0.3) is 0 Å². The van der Waals surface area contributed by atoms with Crippen LogP contribution in [0.25, 0.3) is 0 Å². The Kier molecular flexibility index (Phi) is 3.17. The summed E-state index contributed by atoms with van der Waals surface area (Å²) in [6.07, 6.45) is -0.982. The van der Waals surface area contributed by atoms with E-state index in [2.05, 4.69) is 5.10 Å². The van der Waals surface area contributed by atoms with Crippen molar-refractivity contribution in [3.05, 3.63) is 52.1 Å². The van der Waals surface area contributed by atoms with Gasteiger partial charge in [0.1, 0.15) is 11.9 Å². The molecule has 0 saturated carbocycles. The number of hydrogen-bond donors (Lipinski definition) is 1. The van der Waals surface area contributed by atoms with Crippen LogP contribution in [0.1, 0.15) is 23.1 Å². The van der Waals surface area contributed by atoms with Crippen LogP contribution in [-0.4, -0.2) is 14.9 Å². The fraction of sp³-hybridized carbons (Fsp3) is 0.250. The zero-order chi connectivity index (χ0) is 12.6. The number of nitrogens with zero attached hydrogens (tertiary/aromatic N) is 2. The van der Waals surface area contributed by atoms with Crippen molar-refractivity contribution in [3.63, 3.8) is 0 Å². The molecule has 0 aliphatic heterocycles. The Labute approximate surface area is 103 Å². The average molecular weight is 255 g/mol. The number of aliphatic hydroxyl groups excluding tert-OH is 1. The maximum Gasteiger partial charge on any atom is 0.123 e. The van der Waals surface area contributed by atoms with Gasteiger partial charge in [-0.2, -0.15) is 5.10 Å². The van der Waals surface area contributed by atoms with Gasteiger partial charge in [0, 0.05) is 17.6 Å². The van der Waals surface area contributed by atoms with Crippen LogP contribution in [0.4, 0.5) is 4.39 Å². The third-order valence-electron chi connectivity index (χ3n) is 2.57. The standard InChI is InChI=1S/C12H12ClFN2O/c1-7-5-11(16(2)15-7)12(17)9-6-8(14)3-4-10(9)13/h3-6,12,17H,1-2H3. The minimum Gasteiger partial charge on any atom is -0.382 e. The molecule has 17 heavy (non-hydrogen) atoms. The summed E-state index contributed by atoms with van der Waals surface area (Å²) in [4.78, 5) is 0. The van der Waals surface area contributed by atoms with Crippen LogP contribution in [0.5, 0.6) is 0 Å². The van der Waals surface area contributed by atoms with Gasteiger partial charge >= 0.3 is 0 Å². The third-order valence-corrected chi connectivity index (χ3v) is 2.92. The Morgan fingerprint density at radius 3 is 2.71 bits per heavy atom. The molecule has 0 amide bonds. The van der Waals surface area contributed by atoms with Crippen molar-refractivity contribution in [3.8, 4) is 0 Å². The van der Waals surface area contributed by atoms with Crippen molar-refractivity contribution in [1.82, 2.24) is 9.78 Å². The van der Waals surface area contributed by atoms with Crippen LogP contribution in [-0.2, 0) is 7.05 Å². The highest BCUT2D eigenvalue weighted by Gasteiger charge is 2.18. The summed E-state index contributed by atoms with van der Waals surface area (Å²) in [7, 11) is 1.72. The lowest BCUT2D eigenvalue weighted by Crippen LogP contribution is -2.07. The molecule has 1 heterocycles. The van der Waals surface area contributed by atoms with Gasteiger partial charge in [-0.15, -0.1) is 0 Å². The van der Waals surface area contributed by atoms with E-state index in [1.165, 1.54) is 18.2 Å². The summed E-state index contributed by atoms with van der Waals surface area (Å²) in [5.41, 5.74) is 1.71. The summed E-state index contributed by atoms with van der Waals surface area (Å²) in [5.74, 6) is -0.428. The SMILES string of the molecule is Cc1cc(C(O)c2cc(F)ccc2Cl)n(C)n1. The molecular formula is C12H12ClFN2O. The first kappa shape index (κ1) is 12.1. The maximum absolute atomic E-state index is 13.1. The molecule has 90 valence electrons. The van der Waals surface area contributed by atoms with Crippen molar-refractivity contribution in [1.29, 1.82) is 0 Å². The Hall–Kier alpha value is -1.39. The fourth-order valence-corrected chi connectivity index (χ4v) is 1.99. The molecular weight excluding hydrogens is 243 g/mol. The quantitative estimate of drug-likeness (QED) is 0.895. The van der Waals surface area contributed by atoms with Crippen molar-refractivity contribution < 1.29 is 9.50 Å². The van der Waals surface area contributed by atoms with Gasteiger partial charge in [0.15, 0.2) is 0 Å². The molecule has 0 spiro atoms. The lowest BCUT2D eigenvalue weighted by molar-refractivity contribution is 0.209. The molecule has 2 aromatic rings. The zero-order valence-electron chi connectivity index (χ0n) is 9.48. The molecule has 0 radical (unpaired) electrons. The average Bonchev–Trinajstić information content (AvgIpc) is 2.60. The first-order valence-corrected chi connectivity index (χ1v) is 5.50. The highest BCUT2D eigenvalue weighted by molar-refractivity contribution is 6.31. The number of aliphatic hydroxyl groups is 1. The topological polar surface area (TPSA) is 38.0 Å². The zero-order valence-corrected chi connectivity index (χ0v) is 10.2. The predicted octanol–water partition coefficient (Wildman–Crippen LogP) is 2.60. The summed E-state index contributed by atoms with van der Waals surface area (Å²) >= 11 is 5.94. The molecule has 3 nitrogen and oxygen atoms in total. The van der Waals surface area contributed by atoms with E-state index >= 15 is 0 Å². The van der Waals surface area contributed by atoms with Crippen molar-refractivity contribution >= 4 is 11.6 Å². The molecule has 0 saturated heterocycles. The van der Waals surface area contributed by atoms with Crippen molar-refractivity contribution in [2.24, 2.45) is 7.05 Å². The molecule has 1 aromatic carbocycles. The molecule has 1 aromatic heterocycles. The van der Waals surface area contributed by atoms with Crippen LogP contribution in [0.3, 0.4) is 0 Å². The van der Waals surface area contributed by atoms with Crippen LogP contribution in [0.15, 0.2) is 24.3 Å². The Bertz CT molecular complexity index is 553. The summed E-state index contributed by atoms with van der Waals surface area (Å²) in [6.45, 7) is 1.82. The first-order valence-electron chi connectivity index (χ1n) is 5.12. The maximum atomic E-state index is 13.1. The van der Waals surface area contributed by atoms with Crippen molar-refractivity contribution in [2.75, 3.05) is 0 Å². The molecule has 1 N–H and O–H groups in total. The second-order valence-corrected chi connectivity index (χ2v) is 4.31. The fourth-order valence-electron chi connectivity index (χ4n) is 1.77. The van der Waals surface area contributed by atoms with E-state index in [1.807, 2.05) is 6.92 Å². The molecule has 5 heteroatoms. The Morgan fingerprint density at radius 1 is 1.41 bits per heavy atom. The van der Waals surface area contributed by atoms with Crippen LogP contribution in [0, 0.1) is 12.7 Å². The molecule has 0 fully saturated rings. The molecule has 0 aliphatic carbocycles. The number of rotatable bonds is 2. The van der Waals surface area contributed by atoms with Crippen LogP contribution >= 0.6 is 11.6 Å². The molecule has 2 rings (SSSR count). The van der Waals surface area contributed by atoms with Gasteiger partial charge in [0.05, 0.1) is 11.4 Å². The Morgan fingerprint density at radius 2 is 2.12 bits per heavy atom. The molecule has 1 atom stereocenters. The first-order chi connectivity index (χ1) is 7.99. The van der Waals surface area contributed by atoms with E-state index in [4.69, 9.17) is 11.6 Å². The van der Waals surface area contributed by atoms with Crippen LogP contribution < -0.4 is 0 Å². The normalized spacial score (nSPS) is 12.8. The largest absolute Gasteiger partial charge is 0.382 e. The number of aryl methyl sites for hydroxylation is 2. The van der Waals surface area contributed by atoms with E-state index in [9.17, 15) is 9.50 Å². The molecule has 1 unspecified atom stereocenters. The summed E-state index contributed by atoms with van der Waals surface area (Å²) in [5, 5.41) is 14.6. The van der Waals surface area contributed by atoms with E-state index in [0.717, 1.165) is 5.69 Å². The van der Waals surface area contributed by atoms with Gasteiger partial charge in [-0.3, -0.25) is 4.68 Å². The van der Waals surface area contributed by atoms with E-state index in [-0.39, 0.29) is 0 Å². The highest BCUT2D eigenvalue weighted by atomic mass is 35.5. The van der Waals surface area contributed by atoms with Crippen molar-refractivity contribution in [2.45, 2.75) is 13.0 Å².